The lowest BCUT2D eigenvalue weighted by molar-refractivity contribution is 0.0727. The first-order valence-electron chi connectivity index (χ1n) is 9.60. The largest absolute Gasteiger partial charge is 0.375 e. The van der Waals surface area contributed by atoms with Crippen LogP contribution in [0.15, 0.2) is 18.3 Å². The maximum Gasteiger partial charge on any atom is 0.254 e. The highest BCUT2D eigenvalue weighted by Crippen LogP contribution is 2.30. The molecule has 2 aliphatic rings. The lowest BCUT2D eigenvalue weighted by atomic mass is 10.0. The molecule has 1 aliphatic heterocycles. The number of ether oxygens (including phenoxy) is 1. The van der Waals surface area contributed by atoms with E-state index in [9.17, 15) is 9.18 Å². The minimum atomic E-state index is -0.638. The van der Waals surface area contributed by atoms with Gasteiger partial charge in [-0.15, -0.1) is 0 Å². The van der Waals surface area contributed by atoms with Crippen LogP contribution < -0.4 is 0 Å². The highest BCUT2D eigenvalue weighted by atomic mass is 19.1. The van der Waals surface area contributed by atoms with Crippen LogP contribution in [0.2, 0.25) is 0 Å². The van der Waals surface area contributed by atoms with E-state index < -0.39 is 5.95 Å². The van der Waals surface area contributed by atoms with Crippen molar-refractivity contribution in [1.29, 1.82) is 0 Å². The zero-order valence-corrected chi connectivity index (χ0v) is 15.8. The number of hydrogen-bond donors (Lipinski definition) is 0. The molecule has 2 aromatic rings. The van der Waals surface area contributed by atoms with Crippen LogP contribution in [0.5, 0.6) is 0 Å². The summed E-state index contributed by atoms with van der Waals surface area (Å²) in [6, 6.07) is 2.94. The molecular formula is C20H25FN4O2. The second kappa shape index (κ2) is 7.38. The molecular weight excluding hydrogens is 347 g/mol. The quantitative estimate of drug-likeness (QED) is 0.731. The summed E-state index contributed by atoms with van der Waals surface area (Å²) in [6.07, 6.45) is 4.60. The third-order valence-corrected chi connectivity index (χ3v) is 5.21. The van der Waals surface area contributed by atoms with Gasteiger partial charge in [0.05, 0.1) is 24.5 Å². The summed E-state index contributed by atoms with van der Waals surface area (Å²) < 4.78 is 21.2. The maximum atomic E-state index is 13.4. The molecule has 144 valence electrons. The average Bonchev–Trinajstić information content (AvgIpc) is 3.40. The number of aromatic nitrogens is 3. The van der Waals surface area contributed by atoms with Crippen molar-refractivity contribution in [2.75, 3.05) is 13.2 Å². The Kier molecular flexibility index (Phi) is 4.95. The van der Waals surface area contributed by atoms with Crippen molar-refractivity contribution in [3.05, 3.63) is 46.8 Å². The highest BCUT2D eigenvalue weighted by molar-refractivity contribution is 5.94. The van der Waals surface area contributed by atoms with Gasteiger partial charge in [0, 0.05) is 42.6 Å². The zero-order valence-electron chi connectivity index (χ0n) is 15.8. The molecule has 0 bridgehead atoms. The molecule has 3 heterocycles. The van der Waals surface area contributed by atoms with Crippen LogP contribution in [-0.2, 0) is 24.3 Å². The summed E-state index contributed by atoms with van der Waals surface area (Å²) in [7, 11) is 0. The smallest absolute Gasteiger partial charge is 0.254 e. The second-order valence-electron chi connectivity index (χ2n) is 7.71. The van der Waals surface area contributed by atoms with Crippen molar-refractivity contribution >= 4 is 5.91 Å². The van der Waals surface area contributed by atoms with Gasteiger partial charge in [0.1, 0.15) is 0 Å². The predicted molar refractivity (Wildman–Crippen MR) is 97.6 cm³/mol. The van der Waals surface area contributed by atoms with Crippen LogP contribution in [0.1, 0.15) is 60.0 Å². The van der Waals surface area contributed by atoms with Crippen molar-refractivity contribution in [2.45, 2.75) is 52.3 Å². The number of halogens is 1. The Bertz CT molecular complexity index is 845. The van der Waals surface area contributed by atoms with Crippen LogP contribution in [-0.4, -0.2) is 38.7 Å². The average molecular weight is 372 g/mol. The number of pyridine rings is 1. The van der Waals surface area contributed by atoms with E-state index in [-0.39, 0.29) is 11.9 Å². The van der Waals surface area contributed by atoms with Crippen molar-refractivity contribution in [3.8, 4) is 0 Å². The number of fused-ring (bicyclic) bond motifs is 1. The van der Waals surface area contributed by atoms with Crippen molar-refractivity contribution in [3.63, 3.8) is 0 Å². The first-order valence-corrected chi connectivity index (χ1v) is 9.60. The van der Waals surface area contributed by atoms with Gasteiger partial charge in [-0.25, -0.2) is 4.98 Å². The molecule has 1 amide bonds. The highest BCUT2D eigenvalue weighted by Gasteiger charge is 2.29. The Morgan fingerprint density at radius 2 is 2.22 bits per heavy atom. The fourth-order valence-electron chi connectivity index (χ4n) is 3.56. The van der Waals surface area contributed by atoms with Gasteiger partial charge in [-0.05, 0) is 45.1 Å². The molecule has 1 saturated carbocycles. The van der Waals surface area contributed by atoms with E-state index in [0.717, 1.165) is 30.3 Å². The normalized spacial score (nSPS) is 16.7. The summed E-state index contributed by atoms with van der Waals surface area (Å²) in [5.41, 5.74) is 3.57. The van der Waals surface area contributed by atoms with Crippen LogP contribution in [0.3, 0.4) is 0 Å². The SMILES string of the molecule is CC(C)n1nc(COCC2CC2)c2c1CN(C(=O)c1ccnc(F)c1)CC2. The van der Waals surface area contributed by atoms with Gasteiger partial charge >= 0.3 is 0 Å². The molecule has 0 radical (unpaired) electrons. The second-order valence-corrected chi connectivity index (χ2v) is 7.71. The van der Waals surface area contributed by atoms with Gasteiger partial charge in [0.2, 0.25) is 5.95 Å². The van der Waals surface area contributed by atoms with Gasteiger partial charge in [0.25, 0.3) is 5.91 Å². The summed E-state index contributed by atoms with van der Waals surface area (Å²) in [4.78, 5) is 18.1. The van der Waals surface area contributed by atoms with Crippen molar-refractivity contribution < 1.29 is 13.9 Å². The van der Waals surface area contributed by atoms with Crippen LogP contribution in [0.4, 0.5) is 4.39 Å². The molecule has 4 rings (SSSR count). The van der Waals surface area contributed by atoms with E-state index in [1.54, 1.807) is 11.0 Å². The molecule has 27 heavy (non-hydrogen) atoms. The Hall–Kier alpha value is -2.28. The first kappa shape index (κ1) is 18.1. The molecule has 0 atom stereocenters. The van der Waals surface area contributed by atoms with E-state index in [1.165, 1.54) is 30.7 Å². The van der Waals surface area contributed by atoms with Gasteiger partial charge in [-0.2, -0.15) is 9.49 Å². The van der Waals surface area contributed by atoms with Crippen molar-refractivity contribution in [1.82, 2.24) is 19.7 Å². The maximum absolute atomic E-state index is 13.4. The third kappa shape index (κ3) is 3.88. The topological polar surface area (TPSA) is 60.2 Å². The molecule has 0 spiro atoms. The van der Waals surface area contributed by atoms with E-state index in [1.807, 2.05) is 4.68 Å². The Balaban J connectivity index is 1.53. The molecule has 0 N–H and O–H groups in total. The summed E-state index contributed by atoms with van der Waals surface area (Å²) in [5.74, 6) is -0.0901. The lowest BCUT2D eigenvalue weighted by Gasteiger charge is -2.28. The number of rotatable bonds is 6. The number of hydrogen-bond acceptors (Lipinski definition) is 4. The molecule has 1 fully saturated rings. The molecule has 0 saturated heterocycles. The first-order chi connectivity index (χ1) is 13.0. The van der Waals surface area contributed by atoms with Crippen LogP contribution in [0.25, 0.3) is 0 Å². The fourth-order valence-corrected chi connectivity index (χ4v) is 3.56. The Morgan fingerprint density at radius 1 is 1.41 bits per heavy atom. The molecule has 7 heteroatoms. The van der Waals surface area contributed by atoms with Gasteiger partial charge < -0.3 is 9.64 Å². The third-order valence-electron chi connectivity index (χ3n) is 5.21. The molecule has 2 aromatic heterocycles. The van der Waals surface area contributed by atoms with E-state index in [2.05, 4.69) is 18.8 Å². The number of carbonyl (C=O) groups is 1. The number of carbonyl (C=O) groups excluding carboxylic acids is 1. The predicted octanol–water partition coefficient (Wildman–Crippen LogP) is 3.12. The lowest BCUT2D eigenvalue weighted by Crippen LogP contribution is -2.37. The molecule has 0 aromatic carbocycles. The zero-order chi connectivity index (χ0) is 19.0. The number of nitrogens with zero attached hydrogens (tertiary/aromatic N) is 4. The Labute approximate surface area is 158 Å². The van der Waals surface area contributed by atoms with Crippen molar-refractivity contribution in [2.24, 2.45) is 5.92 Å². The van der Waals surface area contributed by atoms with Crippen LogP contribution >= 0.6 is 0 Å². The summed E-state index contributed by atoms with van der Waals surface area (Å²) in [5, 5.41) is 4.77. The minimum absolute atomic E-state index is 0.176. The standard InChI is InChI=1S/C20H25FN4O2/c1-13(2)25-18-10-24(20(26)15-5-7-22-19(21)9-15)8-6-16(18)17(23-25)12-27-11-14-3-4-14/h5,7,9,13-14H,3-4,6,8,10-12H2,1-2H3. The molecule has 0 unspecified atom stereocenters. The summed E-state index contributed by atoms with van der Waals surface area (Å²) in [6.45, 7) is 6.58. The van der Waals surface area contributed by atoms with Gasteiger partial charge in [-0.3, -0.25) is 9.48 Å². The number of amides is 1. The fraction of sp³-hybridized carbons (Fsp3) is 0.550. The minimum Gasteiger partial charge on any atom is -0.375 e. The summed E-state index contributed by atoms with van der Waals surface area (Å²) >= 11 is 0. The Morgan fingerprint density at radius 3 is 2.93 bits per heavy atom. The molecule has 6 nitrogen and oxygen atoms in total. The monoisotopic (exact) mass is 372 g/mol. The van der Waals surface area contributed by atoms with E-state index in [4.69, 9.17) is 9.84 Å². The van der Waals surface area contributed by atoms with Crippen LogP contribution in [0, 0.1) is 11.9 Å². The molecule has 1 aliphatic carbocycles. The van der Waals surface area contributed by atoms with Gasteiger partial charge in [-0.1, -0.05) is 0 Å². The van der Waals surface area contributed by atoms with Gasteiger partial charge in [0.15, 0.2) is 0 Å². The van der Waals surface area contributed by atoms with E-state index in [0.29, 0.717) is 25.3 Å². The van der Waals surface area contributed by atoms with E-state index >= 15 is 0 Å².